The molecule has 8 heteroatoms. The van der Waals surface area contributed by atoms with Crippen LogP contribution in [0.3, 0.4) is 0 Å². The van der Waals surface area contributed by atoms with Crippen molar-refractivity contribution in [2.75, 3.05) is 25.6 Å². The van der Waals surface area contributed by atoms with Gasteiger partial charge in [0.05, 0.1) is 12.2 Å². The summed E-state index contributed by atoms with van der Waals surface area (Å²) in [5.41, 5.74) is 7.34. The number of nitrogens with zero attached hydrogens (tertiary/aromatic N) is 1. The number of pyridine rings is 1. The second-order valence-electron chi connectivity index (χ2n) is 6.50. The highest BCUT2D eigenvalue weighted by molar-refractivity contribution is 6.05. The van der Waals surface area contributed by atoms with Crippen molar-refractivity contribution in [1.29, 1.82) is 0 Å². The van der Waals surface area contributed by atoms with Gasteiger partial charge >= 0.3 is 0 Å². The van der Waals surface area contributed by atoms with E-state index >= 15 is 0 Å². The van der Waals surface area contributed by atoms with Crippen LogP contribution in [-0.2, 0) is 11.3 Å². The Balaban J connectivity index is 1.68. The minimum atomic E-state index is -0.566. The van der Waals surface area contributed by atoms with Crippen LogP contribution in [0.2, 0.25) is 0 Å². The second kappa shape index (κ2) is 10.7. The third kappa shape index (κ3) is 6.03. The van der Waals surface area contributed by atoms with E-state index in [1.165, 1.54) is 0 Å². The van der Waals surface area contributed by atoms with Gasteiger partial charge < -0.3 is 25.3 Å². The molecule has 0 aliphatic heterocycles. The molecule has 2 amide bonds. The van der Waals surface area contributed by atoms with Gasteiger partial charge in [0, 0.05) is 18.9 Å². The first kappa shape index (κ1) is 21.8. The molecule has 0 saturated heterocycles. The average Bonchev–Trinajstić information content (AvgIpc) is 2.79. The van der Waals surface area contributed by atoms with Gasteiger partial charge in [0.15, 0.2) is 0 Å². The molecule has 3 rings (SSSR count). The Morgan fingerprint density at radius 3 is 2.65 bits per heavy atom. The summed E-state index contributed by atoms with van der Waals surface area (Å²) in [6.07, 6.45) is 1.58. The summed E-state index contributed by atoms with van der Waals surface area (Å²) >= 11 is 0. The Morgan fingerprint density at radius 1 is 1.00 bits per heavy atom. The monoisotopic (exact) mass is 421 g/mol. The Kier molecular flexibility index (Phi) is 7.56. The van der Waals surface area contributed by atoms with Gasteiger partial charge in [-0.25, -0.2) is 4.98 Å². The van der Waals surface area contributed by atoms with Crippen molar-refractivity contribution in [3.63, 3.8) is 0 Å². The smallest absolute Gasteiger partial charge is 0.255 e. The molecule has 1 heterocycles. The molecule has 160 valence electrons. The molecule has 0 aliphatic carbocycles. The van der Waals surface area contributed by atoms with E-state index in [0.29, 0.717) is 41.7 Å². The van der Waals surface area contributed by atoms with Crippen LogP contribution in [-0.4, -0.2) is 37.1 Å². The van der Waals surface area contributed by atoms with Crippen LogP contribution in [0.15, 0.2) is 66.9 Å². The van der Waals surface area contributed by atoms with Crippen molar-refractivity contribution in [3.8, 4) is 11.6 Å². The molecule has 8 nitrogen and oxygen atoms in total. The van der Waals surface area contributed by atoms with Crippen molar-refractivity contribution in [3.05, 3.63) is 83.6 Å². The first-order valence-corrected chi connectivity index (χ1v) is 9.57. The van der Waals surface area contributed by atoms with Crippen molar-refractivity contribution in [1.82, 2.24) is 4.98 Å². The summed E-state index contributed by atoms with van der Waals surface area (Å²) in [5, 5.41) is 2.81. The molecule has 0 unspecified atom stereocenters. The zero-order valence-electron chi connectivity index (χ0n) is 17.0. The summed E-state index contributed by atoms with van der Waals surface area (Å²) in [5.74, 6) is -0.179. The maximum Gasteiger partial charge on any atom is 0.255 e. The molecule has 2 aromatic carbocycles. The number of primary amides is 1. The van der Waals surface area contributed by atoms with Crippen LogP contribution < -0.4 is 20.5 Å². The first-order chi connectivity index (χ1) is 15.1. The minimum Gasteiger partial charge on any atom is -0.488 e. The standard InChI is InChI=1S/C23H23N3O5/c1-29-12-13-30-23-19(9-5-11-25-23)26-22(28)17-7-4-6-16(14-17)15-31-20-10-3-2-8-18(20)21(24)27/h2-11,14H,12-13,15H2,1H3,(H2,24,27)(H,26,28). The molecule has 0 spiro atoms. The lowest BCUT2D eigenvalue weighted by Crippen LogP contribution is -2.15. The van der Waals surface area contributed by atoms with Crippen molar-refractivity contribution in [2.45, 2.75) is 6.61 Å². The summed E-state index contributed by atoms with van der Waals surface area (Å²) in [7, 11) is 1.58. The fourth-order valence-electron chi connectivity index (χ4n) is 2.78. The van der Waals surface area contributed by atoms with E-state index in [1.807, 2.05) is 6.07 Å². The summed E-state index contributed by atoms with van der Waals surface area (Å²) < 4.78 is 16.2. The molecule has 0 bridgehead atoms. The Bertz CT molecular complexity index is 1050. The van der Waals surface area contributed by atoms with Crippen LogP contribution >= 0.6 is 0 Å². The van der Waals surface area contributed by atoms with E-state index in [0.717, 1.165) is 5.56 Å². The molecule has 3 aromatic rings. The highest BCUT2D eigenvalue weighted by Gasteiger charge is 2.12. The van der Waals surface area contributed by atoms with Gasteiger partial charge in [0.2, 0.25) is 5.88 Å². The lowest BCUT2D eigenvalue weighted by molar-refractivity contribution is 0.0994. The van der Waals surface area contributed by atoms with E-state index in [2.05, 4.69) is 10.3 Å². The van der Waals surface area contributed by atoms with E-state index < -0.39 is 5.91 Å². The van der Waals surface area contributed by atoms with E-state index in [4.69, 9.17) is 19.9 Å². The predicted molar refractivity (Wildman–Crippen MR) is 115 cm³/mol. The number of rotatable bonds is 10. The van der Waals surface area contributed by atoms with Crippen LogP contribution in [0, 0.1) is 0 Å². The zero-order valence-corrected chi connectivity index (χ0v) is 17.0. The summed E-state index contributed by atoms with van der Waals surface area (Å²) in [6.45, 7) is 0.893. The summed E-state index contributed by atoms with van der Waals surface area (Å²) in [4.78, 5) is 28.4. The van der Waals surface area contributed by atoms with E-state index in [9.17, 15) is 9.59 Å². The lowest BCUT2D eigenvalue weighted by Gasteiger charge is -2.12. The normalized spacial score (nSPS) is 10.4. The largest absolute Gasteiger partial charge is 0.488 e. The number of nitrogens with two attached hydrogens (primary N) is 1. The van der Waals surface area contributed by atoms with Crippen LogP contribution in [0.1, 0.15) is 26.3 Å². The van der Waals surface area contributed by atoms with Gasteiger partial charge in [-0.1, -0.05) is 24.3 Å². The first-order valence-electron chi connectivity index (χ1n) is 9.57. The highest BCUT2D eigenvalue weighted by Crippen LogP contribution is 2.22. The maximum atomic E-state index is 12.7. The topological polar surface area (TPSA) is 113 Å². The van der Waals surface area contributed by atoms with Crippen LogP contribution in [0.25, 0.3) is 0 Å². The number of benzene rings is 2. The van der Waals surface area contributed by atoms with Gasteiger partial charge in [-0.05, 0) is 42.0 Å². The molecule has 0 radical (unpaired) electrons. The van der Waals surface area contributed by atoms with Crippen LogP contribution in [0.4, 0.5) is 5.69 Å². The van der Waals surface area contributed by atoms with E-state index in [1.54, 1.807) is 67.9 Å². The third-order valence-electron chi connectivity index (χ3n) is 4.28. The number of aromatic nitrogens is 1. The Morgan fingerprint density at radius 2 is 1.84 bits per heavy atom. The molecule has 1 aromatic heterocycles. The number of nitrogens with one attached hydrogen (secondary N) is 1. The Labute approximate surface area is 180 Å². The van der Waals surface area contributed by atoms with Gasteiger partial charge in [-0.15, -0.1) is 0 Å². The maximum absolute atomic E-state index is 12.7. The molecule has 0 atom stereocenters. The molecule has 31 heavy (non-hydrogen) atoms. The number of amides is 2. The molecule has 3 N–H and O–H groups in total. The van der Waals surface area contributed by atoms with Crippen molar-refractivity contribution < 1.29 is 23.8 Å². The number of anilines is 1. The van der Waals surface area contributed by atoms with E-state index in [-0.39, 0.29) is 12.5 Å². The fourth-order valence-corrected chi connectivity index (χ4v) is 2.78. The molecule has 0 saturated carbocycles. The number of hydrogen-bond acceptors (Lipinski definition) is 6. The quantitative estimate of drug-likeness (QED) is 0.487. The van der Waals surface area contributed by atoms with Crippen LogP contribution in [0.5, 0.6) is 11.6 Å². The molecular weight excluding hydrogens is 398 g/mol. The number of carbonyl (C=O) groups is 2. The van der Waals surface area contributed by atoms with Gasteiger partial charge in [0.25, 0.3) is 11.8 Å². The third-order valence-corrected chi connectivity index (χ3v) is 4.28. The lowest BCUT2D eigenvalue weighted by atomic mass is 10.1. The van der Waals surface area contributed by atoms with Gasteiger partial charge in [0.1, 0.15) is 24.7 Å². The zero-order chi connectivity index (χ0) is 22.1. The van der Waals surface area contributed by atoms with Crippen molar-refractivity contribution >= 4 is 17.5 Å². The number of ether oxygens (including phenoxy) is 3. The fraction of sp³-hybridized carbons (Fsp3) is 0.174. The Hall–Kier alpha value is -3.91. The number of hydrogen-bond donors (Lipinski definition) is 2. The highest BCUT2D eigenvalue weighted by atomic mass is 16.5. The minimum absolute atomic E-state index is 0.170. The van der Waals surface area contributed by atoms with Crippen molar-refractivity contribution in [2.24, 2.45) is 5.73 Å². The molecule has 0 fully saturated rings. The predicted octanol–water partition coefficient (Wildman–Crippen LogP) is 3.04. The van der Waals surface area contributed by atoms with Gasteiger partial charge in [-0.3, -0.25) is 9.59 Å². The number of para-hydroxylation sites is 1. The number of methoxy groups -OCH3 is 1. The van der Waals surface area contributed by atoms with Gasteiger partial charge in [-0.2, -0.15) is 0 Å². The average molecular weight is 421 g/mol. The SMILES string of the molecule is COCCOc1ncccc1NC(=O)c1cccc(COc2ccccc2C(N)=O)c1. The number of carbonyl (C=O) groups excluding carboxylic acids is 2. The molecular formula is C23H23N3O5. The summed E-state index contributed by atoms with van der Waals surface area (Å²) in [6, 6.07) is 17.1. The molecule has 0 aliphatic rings. The second-order valence-corrected chi connectivity index (χ2v) is 6.50.